The third-order valence-electron chi connectivity index (χ3n) is 2.63. The summed E-state index contributed by atoms with van der Waals surface area (Å²) in [5.41, 5.74) is 2.60. The Bertz CT molecular complexity index is 309. The van der Waals surface area contributed by atoms with Crippen molar-refractivity contribution in [1.82, 2.24) is 10.2 Å². The largest absolute Gasteiger partial charge is 0.369 e. The van der Waals surface area contributed by atoms with Gasteiger partial charge in [-0.2, -0.15) is 5.10 Å². The molecule has 1 aromatic heterocycles. The molecule has 0 spiro atoms. The van der Waals surface area contributed by atoms with Gasteiger partial charge in [-0.3, -0.25) is 0 Å². The van der Waals surface area contributed by atoms with Crippen molar-refractivity contribution < 1.29 is 0 Å². The topological polar surface area (TPSA) is 37.8 Å². The lowest BCUT2D eigenvalue weighted by Gasteiger charge is -2.14. The summed E-state index contributed by atoms with van der Waals surface area (Å²) in [4.78, 5) is 0. The molecule has 14 heavy (non-hydrogen) atoms. The molecule has 3 nitrogen and oxygen atoms in total. The molecule has 0 fully saturated rings. The molecule has 76 valence electrons. The summed E-state index contributed by atoms with van der Waals surface area (Å²) in [7, 11) is 0. The summed E-state index contributed by atoms with van der Waals surface area (Å²) in [5.74, 6) is 0.938. The van der Waals surface area contributed by atoms with E-state index in [0.29, 0.717) is 0 Å². The quantitative estimate of drug-likeness (QED) is 0.795. The van der Waals surface area contributed by atoms with Crippen LogP contribution in [0.5, 0.6) is 0 Å². The fourth-order valence-corrected chi connectivity index (χ4v) is 1.83. The number of rotatable bonds is 3. The van der Waals surface area contributed by atoms with Crippen LogP contribution in [-0.4, -0.2) is 16.7 Å². The highest BCUT2D eigenvalue weighted by atomic mass is 15.2. The Kier molecular flexibility index (Phi) is 2.96. The number of nitrogens with zero attached hydrogens (tertiary/aromatic N) is 2. The Labute approximate surface area is 84.9 Å². The van der Waals surface area contributed by atoms with Crippen molar-refractivity contribution in [3.05, 3.63) is 17.3 Å². The van der Waals surface area contributed by atoms with Gasteiger partial charge in [0, 0.05) is 6.54 Å². The molecule has 1 aromatic rings. The van der Waals surface area contributed by atoms with E-state index in [1.54, 1.807) is 0 Å². The predicted molar refractivity (Wildman–Crippen MR) is 57.5 cm³/mol. The Hall–Kier alpha value is -1.12. The minimum atomic E-state index is 0.938. The monoisotopic (exact) mass is 191 g/mol. The standard InChI is InChI=1S/C11H17N3/c1-2-7-12-11-8-9-5-3-4-6-10(9)13-14-11/h8H,2-7H2,1H3,(H,12,14). The second-order valence-corrected chi connectivity index (χ2v) is 3.84. The van der Waals surface area contributed by atoms with Crippen LogP contribution in [0.1, 0.15) is 37.4 Å². The van der Waals surface area contributed by atoms with Crippen molar-refractivity contribution in [2.24, 2.45) is 0 Å². The summed E-state index contributed by atoms with van der Waals surface area (Å²) >= 11 is 0. The molecule has 0 amide bonds. The Morgan fingerprint density at radius 3 is 3.00 bits per heavy atom. The van der Waals surface area contributed by atoms with Crippen LogP contribution < -0.4 is 5.32 Å². The first-order valence-electron chi connectivity index (χ1n) is 5.49. The number of hydrogen-bond donors (Lipinski definition) is 1. The van der Waals surface area contributed by atoms with E-state index in [-0.39, 0.29) is 0 Å². The molecule has 3 heteroatoms. The van der Waals surface area contributed by atoms with Gasteiger partial charge < -0.3 is 5.32 Å². The SMILES string of the molecule is CCCNc1cc2c(nn1)CCCC2. The fraction of sp³-hybridized carbons (Fsp3) is 0.636. The summed E-state index contributed by atoms with van der Waals surface area (Å²) in [6.45, 7) is 3.13. The van der Waals surface area contributed by atoms with Gasteiger partial charge in [0.1, 0.15) is 5.82 Å². The fourth-order valence-electron chi connectivity index (χ4n) is 1.83. The molecular weight excluding hydrogens is 174 g/mol. The van der Waals surface area contributed by atoms with E-state index in [0.717, 1.165) is 25.2 Å². The van der Waals surface area contributed by atoms with E-state index in [2.05, 4.69) is 28.5 Å². The maximum atomic E-state index is 4.26. The van der Waals surface area contributed by atoms with Crippen LogP contribution in [0.4, 0.5) is 5.82 Å². The smallest absolute Gasteiger partial charge is 0.148 e. The van der Waals surface area contributed by atoms with Crippen LogP contribution in [0.25, 0.3) is 0 Å². The molecular formula is C11H17N3. The van der Waals surface area contributed by atoms with Gasteiger partial charge in [-0.1, -0.05) is 6.92 Å². The van der Waals surface area contributed by atoms with Crippen LogP contribution in [0.15, 0.2) is 6.07 Å². The zero-order valence-electron chi connectivity index (χ0n) is 8.71. The van der Waals surface area contributed by atoms with E-state index < -0.39 is 0 Å². The molecule has 1 aliphatic rings. The highest BCUT2D eigenvalue weighted by Crippen LogP contribution is 2.20. The van der Waals surface area contributed by atoms with Gasteiger partial charge in [0.05, 0.1) is 5.69 Å². The van der Waals surface area contributed by atoms with Gasteiger partial charge in [0.2, 0.25) is 0 Å². The molecule has 0 atom stereocenters. The number of anilines is 1. The van der Waals surface area contributed by atoms with E-state index in [1.807, 2.05) is 0 Å². The molecule has 0 unspecified atom stereocenters. The van der Waals surface area contributed by atoms with Crippen molar-refractivity contribution in [2.45, 2.75) is 39.0 Å². The lowest BCUT2D eigenvalue weighted by atomic mass is 9.97. The molecule has 0 saturated carbocycles. The van der Waals surface area contributed by atoms with Crippen LogP contribution in [0.2, 0.25) is 0 Å². The predicted octanol–water partition coefficient (Wildman–Crippen LogP) is 2.18. The highest BCUT2D eigenvalue weighted by Gasteiger charge is 2.11. The summed E-state index contributed by atoms with van der Waals surface area (Å²) in [5, 5.41) is 11.7. The molecule has 0 aliphatic heterocycles. The molecule has 0 aromatic carbocycles. The van der Waals surface area contributed by atoms with E-state index in [9.17, 15) is 0 Å². The van der Waals surface area contributed by atoms with Crippen LogP contribution in [0, 0.1) is 0 Å². The van der Waals surface area contributed by atoms with Crippen LogP contribution in [0.3, 0.4) is 0 Å². The molecule has 2 rings (SSSR count). The number of nitrogens with one attached hydrogen (secondary N) is 1. The number of fused-ring (bicyclic) bond motifs is 1. The summed E-state index contributed by atoms with van der Waals surface area (Å²) in [6, 6.07) is 2.16. The number of aromatic nitrogens is 2. The molecule has 1 aliphatic carbocycles. The average molecular weight is 191 g/mol. The molecule has 0 saturated heterocycles. The van der Waals surface area contributed by atoms with Crippen molar-refractivity contribution in [3.8, 4) is 0 Å². The molecule has 0 bridgehead atoms. The first kappa shape index (κ1) is 9.44. The maximum Gasteiger partial charge on any atom is 0.148 e. The van der Waals surface area contributed by atoms with E-state index in [4.69, 9.17) is 0 Å². The molecule has 0 radical (unpaired) electrons. The van der Waals surface area contributed by atoms with E-state index in [1.165, 1.54) is 30.5 Å². The molecule has 1 N–H and O–H groups in total. The second kappa shape index (κ2) is 4.40. The number of aryl methyl sites for hydroxylation is 2. The van der Waals surface area contributed by atoms with Gasteiger partial charge in [-0.05, 0) is 43.7 Å². The third-order valence-corrected chi connectivity index (χ3v) is 2.63. The van der Waals surface area contributed by atoms with Crippen molar-refractivity contribution in [2.75, 3.05) is 11.9 Å². The molecule has 1 heterocycles. The first-order valence-corrected chi connectivity index (χ1v) is 5.49. The first-order chi connectivity index (χ1) is 6.90. The minimum Gasteiger partial charge on any atom is -0.369 e. The van der Waals surface area contributed by atoms with Gasteiger partial charge in [0.25, 0.3) is 0 Å². The second-order valence-electron chi connectivity index (χ2n) is 3.84. The van der Waals surface area contributed by atoms with Crippen molar-refractivity contribution in [1.29, 1.82) is 0 Å². The highest BCUT2D eigenvalue weighted by molar-refractivity contribution is 5.38. The lowest BCUT2D eigenvalue weighted by Crippen LogP contribution is -2.10. The van der Waals surface area contributed by atoms with Crippen molar-refractivity contribution in [3.63, 3.8) is 0 Å². The number of hydrogen-bond acceptors (Lipinski definition) is 3. The van der Waals surface area contributed by atoms with Crippen LogP contribution >= 0.6 is 0 Å². The van der Waals surface area contributed by atoms with Gasteiger partial charge in [0.15, 0.2) is 0 Å². The van der Waals surface area contributed by atoms with Crippen molar-refractivity contribution >= 4 is 5.82 Å². The Morgan fingerprint density at radius 2 is 2.14 bits per heavy atom. The summed E-state index contributed by atoms with van der Waals surface area (Å²) in [6.07, 6.45) is 5.97. The zero-order chi connectivity index (χ0) is 9.80. The average Bonchev–Trinajstić information content (AvgIpc) is 2.26. The minimum absolute atomic E-state index is 0.938. The maximum absolute atomic E-state index is 4.26. The van der Waals surface area contributed by atoms with Gasteiger partial charge in [-0.25, -0.2) is 0 Å². The summed E-state index contributed by atoms with van der Waals surface area (Å²) < 4.78 is 0. The zero-order valence-corrected chi connectivity index (χ0v) is 8.71. The van der Waals surface area contributed by atoms with Gasteiger partial charge >= 0.3 is 0 Å². The Morgan fingerprint density at radius 1 is 1.29 bits per heavy atom. The van der Waals surface area contributed by atoms with E-state index >= 15 is 0 Å². The van der Waals surface area contributed by atoms with Gasteiger partial charge in [-0.15, -0.1) is 5.10 Å². The lowest BCUT2D eigenvalue weighted by molar-refractivity contribution is 0.655. The third kappa shape index (κ3) is 2.03. The normalized spacial score (nSPS) is 14.9. The van der Waals surface area contributed by atoms with Crippen LogP contribution in [-0.2, 0) is 12.8 Å². The Balaban J connectivity index is 2.12.